The molecular weight excluding hydrogens is 183 g/mol. The molecule has 9 heavy (non-hydrogen) atoms. The highest BCUT2D eigenvalue weighted by molar-refractivity contribution is 9.11. The molecule has 0 aromatic heterocycles. The Kier molecular flexibility index (Phi) is 4.68. The summed E-state index contributed by atoms with van der Waals surface area (Å²) in [6.45, 7) is 3.68. The van der Waals surface area contributed by atoms with Crippen molar-refractivity contribution < 1.29 is 4.39 Å². The third-order valence-corrected chi connectivity index (χ3v) is 1.82. The Balaban J connectivity index is 4.10. The van der Waals surface area contributed by atoms with Crippen LogP contribution in [-0.2, 0) is 0 Å². The van der Waals surface area contributed by atoms with Crippen molar-refractivity contribution in [3.8, 4) is 0 Å². The van der Waals surface area contributed by atoms with Gasteiger partial charge in [0, 0.05) is 4.48 Å². The van der Waals surface area contributed by atoms with E-state index in [1.807, 2.05) is 6.92 Å². The molecule has 0 nitrogen and oxygen atoms in total. The number of hydrogen-bond acceptors (Lipinski definition) is 0. The highest BCUT2D eigenvalue weighted by Gasteiger charge is 1.93. The van der Waals surface area contributed by atoms with Gasteiger partial charge in [-0.25, -0.2) is 4.39 Å². The van der Waals surface area contributed by atoms with Crippen molar-refractivity contribution in [2.24, 2.45) is 0 Å². The van der Waals surface area contributed by atoms with Crippen LogP contribution >= 0.6 is 15.9 Å². The van der Waals surface area contributed by atoms with Gasteiger partial charge in [-0.2, -0.15) is 0 Å². The third kappa shape index (κ3) is 3.46. The number of allylic oxidation sites excluding steroid dienone is 4. The average molecular weight is 193 g/mol. The fourth-order valence-corrected chi connectivity index (χ4v) is 0.538. The van der Waals surface area contributed by atoms with E-state index in [0.29, 0.717) is 10.9 Å². The van der Waals surface area contributed by atoms with Gasteiger partial charge < -0.3 is 0 Å². The number of hydrogen-bond donors (Lipinski definition) is 0. The molecule has 0 rings (SSSR count). The summed E-state index contributed by atoms with van der Waals surface area (Å²) in [5.41, 5.74) is 0. The molecule has 0 saturated carbocycles. The summed E-state index contributed by atoms with van der Waals surface area (Å²) < 4.78 is 13.2. The lowest BCUT2D eigenvalue weighted by Gasteiger charge is -1.90. The van der Waals surface area contributed by atoms with Gasteiger partial charge in [-0.05, 0) is 19.4 Å². The lowest BCUT2D eigenvalue weighted by Crippen LogP contribution is -1.70. The van der Waals surface area contributed by atoms with E-state index in [9.17, 15) is 4.39 Å². The van der Waals surface area contributed by atoms with E-state index in [1.165, 1.54) is 6.08 Å². The van der Waals surface area contributed by atoms with Gasteiger partial charge in [0.1, 0.15) is 5.83 Å². The predicted molar refractivity (Wildman–Crippen MR) is 42.2 cm³/mol. The Labute approximate surface area is 63.6 Å². The zero-order valence-corrected chi connectivity index (χ0v) is 7.20. The summed E-state index contributed by atoms with van der Waals surface area (Å²) in [6.07, 6.45) is 3.82. The van der Waals surface area contributed by atoms with Crippen molar-refractivity contribution in [3.05, 3.63) is 22.5 Å². The Morgan fingerprint density at radius 3 is 2.56 bits per heavy atom. The van der Waals surface area contributed by atoms with E-state index in [0.717, 1.165) is 0 Å². The third-order valence-electron chi connectivity index (χ3n) is 0.883. The van der Waals surface area contributed by atoms with E-state index in [4.69, 9.17) is 0 Å². The number of rotatable bonds is 2. The van der Waals surface area contributed by atoms with Gasteiger partial charge in [0.25, 0.3) is 0 Å². The molecular formula is C7H10BrF. The first-order chi connectivity index (χ1) is 4.22. The summed E-state index contributed by atoms with van der Waals surface area (Å²) in [5, 5.41) is 0. The molecule has 0 saturated heterocycles. The van der Waals surface area contributed by atoms with Gasteiger partial charge >= 0.3 is 0 Å². The van der Waals surface area contributed by atoms with Crippen LogP contribution in [0.5, 0.6) is 0 Å². The summed E-state index contributed by atoms with van der Waals surface area (Å²) in [6, 6.07) is 0. The summed E-state index contributed by atoms with van der Waals surface area (Å²) in [4.78, 5) is 0. The fourth-order valence-electron chi connectivity index (χ4n) is 0.406. The van der Waals surface area contributed by atoms with Crippen molar-refractivity contribution in [1.29, 1.82) is 0 Å². The van der Waals surface area contributed by atoms with Crippen LogP contribution in [0.15, 0.2) is 22.5 Å². The monoisotopic (exact) mass is 192 g/mol. The van der Waals surface area contributed by atoms with Crippen molar-refractivity contribution in [3.63, 3.8) is 0 Å². The lowest BCUT2D eigenvalue weighted by atomic mass is 10.3. The Bertz CT molecular complexity index is 136. The van der Waals surface area contributed by atoms with Crippen molar-refractivity contribution in [2.45, 2.75) is 20.3 Å². The van der Waals surface area contributed by atoms with Gasteiger partial charge in [-0.3, -0.25) is 0 Å². The average Bonchev–Trinajstić information content (AvgIpc) is 1.87. The minimum atomic E-state index is -0.181. The number of halogens is 2. The van der Waals surface area contributed by atoms with E-state index in [1.54, 1.807) is 13.0 Å². The summed E-state index contributed by atoms with van der Waals surface area (Å²) in [5.74, 6) is -0.181. The summed E-state index contributed by atoms with van der Waals surface area (Å²) >= 11 is 3.10. The Morgan fingerprint density at radius 2 is 2.22 bits per heavy atom. The highest BCUT2D eigenvalue weighted by atomic mass is 79.9. The molecule has 0 N–H and O–H groups in total. The topological polar surface area (TPSA) is 0 Å². The molecule has 0 aromatic carbocycles. The van der Waals surface area contributed by atoms with Crippen LogP contribution in [0.2, 0.25) is 0 Å². The van der Waals surface area contributed by atoms with E-state index in [2.05, 4.69) is 15.9 Å². The van der Waals surface area contributed by atoms with Crippen LogP contribution in [0.1, 0.15) is 20.3 Å². The van der Waals surface area contributed by atoms with Crippen molar-refractivity contribution in [2.75, 3.05) is 0 Å². The maximum absolute atomic E-state index is 12.5. The van der Waals surface area contributed by atoms with Crippen LogP contribution in [0.25, 0.3) is 0 Å². The Morgan fingerprint density at radius 1 is 1.67 bits per heavy atom. The maximum atomic E-state index is 12.5. The molecule has 0 aliphatic rings. The van der Waals surface area contributed by atoms with E-state index < -0.39 is 0 Å². The second kappa shape index (κ2) is 4.74. The first-order valence-corrected chi connectivity index (χ1v) is 3.68. The van der Waals surface area contributed by atoms with Crippen molar-refractivity contribution >= 4 is 15.9 Å². The molecule has 2 heteroatoms. The normalized spacial score (nSPS) is 14.2. The second-order valence-electron chi connectivity index (χ2n) is 1.61. The molecule has 0 aromatic rings. The van der Waals surface area contributed by atoms with Crippen LogP contribution in [0.3, 0.4) is 0 Å². The molecule has 0 bridgehead atoms. The first kappa shape index (κ1) is 8.89. The predicted octanol–water partition coefficient (Wildman–Crippen LogP) is 3.55. The minimum absolute atomic E-state index is 0.181. The standard InChI is InChI=1S/C7H10BrF/c1-3-5-7(9)6(8)4-2/h3,5H,4H2,1-2H3. The molecule has 0 amide bonds. The molecule has 0 radical (unpaired) electrons. The van der Waals surface area contributed by atoms with Crippen LogP contribution < -0.4 is 0 Å². The van der Waals surface area contributed by atoms with E-state index in [-0.39, 0.29) is 5.83 Å². The van der Waals surface area contributed by atoms with Gasteiger partial charge in [-0.15, -0.1) is 0 Å². The SMILES string of the molecule is CC=CC(F)=C(Br)CC. The maximum Gasteiger partial charge on any atom is 0.132 e. The summed E-state index contributed by atoms with van der Waals surface area (Å²) in [7, 11) is 0. The first-order valence-electron chi connectivity index (χ1n) is 2.89. The fraction of sp³-hybridized carbons (Fsp3) is 0.429. The molecule has 0 aliphatic carbocycles. The molecule has 52 valence electrons. The van der Waals surface area contributed by atoms with Gasteiger partial charge in [0.15, 0.2) is 0 Å². The highest BCUT2D eigenvalue weighted by Crippen LogP contribution is 2.17. The minimum Gasteiger partial charge on any atom is -0.206 e. The molecule has 0 heterocycles. The largest absolute Gasteiger partial charge is 0.206 e. The Hall–Kier alpha value is -0.110. The molecule has 0 spiro atoms. The smallest absolute Gasteiger partial charge is 0.132 e. The zero-order chi connectivity index (χ0) is 7.28. The van der Waals surface area contributed by atoms with E-state index >= 15 is 0 Å². The lowest BCUT2D eigenvalue weighted by molar-refractivity contribution is 0.658. The van der Waals surface area contributed by atoms with Gasteiger partial charge in [0.2, 0.25) is 0 Å². The van der Waals surface area contributed by atoms with Crippen LogP contribution in [0.4, 0.5) is 4.39 Å². The quantitative estimate of drug-likeness (QED) is 0.588. The van der Waals surface area contributed by atoms with Gasteiger partial charge in [0.05, 0.1) is 0 Å². The second-order valence-corrected chi connectivity index (χ2v) is 2.56. The zero-order valence-electron chi connectivity index (χ0n) is 5.62. The van der Waals surface area contributed by atoms with Gasteiger partial charge in [-0.1, -0.05) is 28.9 Å². The molecule has 0 fully saturated rings. The molecule has 0 atom stereocenters. The van der Waals surface area contributed by atoms with Crippen LogP contribution in [0, 0.1) is 0 Å². The molecule has 0 aliphatic heterocycles. The van der Waals surface area contributed by atoms with Crippen molar-refractivity contribution in [1.82, 2.24) is 0 Å². The van der Waals surface area contributed by atoms with Crippen LogP contribution in [-0.4, -0.2) is 0 Å². The molecule has 0 unspecified atom stereocenters.